The lowest BCUT2D eigenvalue weighted by Crippen LogP contribution is -2.25. The van der Waals surface area contributed by atoms with Crippen molar-refractivity contribution in [2.24, 2.45) is 4.99 Å². The van der Waals surface area contributed by atoms with E-state index in [2.05, 4.69) is 4.99 Å². The lowest BCUT2D eigenvalue weighted by atomic mass is 10.0. The van der Waals surface area contributed by atoms with Crippen molar-refractivity contribution < 1.29 is 4.79 Å². The summed E-state index contributed by atoms with van der Waals surface area (Å²) in [5, 5.41) is 0. The topological polar surface area (TPSA) is 32.7 Å². The Morgan fingerprint density at radius 2 is 2.43 bits per heavy atom. The van der Waals surface area contributed by atoms with Crippen molar-refractivity contribution in [3.05, 3.63) is 11.6 Å². The number of amides is 1. The summed E-state index contributed by atoms with van der Waals surface area (Å²) in [6, 6.07) is 0. The highest BCUT2D eigenvalue weighted by Crippen LogP contribution is 2.12. The van der Waals surface area contributed by atoms with Crippen LogP contribution in [-0.2, 0) is 4.79 Å². The van der Waals surface area contributed by atoms with E-state index in [4.69, 9.17) is 0 Å². The third-order valence-electron chi connectivity index (χ3n) is 2.54. The van der Waals surface area contributed by atoms with Crippen molar-refractivity contribution in [3.8, 4) is 0 Å². The van der Waals surface area contributed by atoms with E-state index in [0.29, 0.717) is 6.42 Å². The number of carbonyl (C=O) groups excluding carboxylic acids is 1. The summed E-state index contributed by atoms with van der Waals surface area (Å²) in [7, 11) is 1.85. The molecule has 0 bridgehead atoms. The predicted molar refractivity (Wildman–Crippen MR) is 58.6 cm³/mol. The summed E-state index contributed by atoms with van der Waals surface area (Å²) in [4.78, 5) is 17.4. The van der Waals surface area contributed by atoms with Crippen LogP contribution in [0.5, 0.6) is 0 Å². The van der Waals surface area contributed by atoms with Gasteiger partial charge >= 0.3 is 0 Å². The van der Waals surface area contributed by atoms with E-state index in [1.165, 1.54) is 5.57 Å². The van der Waals surface area contributed by atoms with Crippen LogP contribution in [0.4, 0.5) is 0 Å². The number of allylic oxidation sites excluding steroid dienone is 1. The Morgan fingerprint density at radius 1 is 1.64 bits per heavy atom. The molecular weight excluding hydrogens is 176 g/mol. The third kappa shape index (κ3) is 3.32. The number of rotatable bonds is 4. The van der Waals surface area contributed by atoms with Gasteiger partial charge in [-0.25, -0.2) is 0 Å². The third-order valence-corrected chi connectivity index (χ3v) is 2.54. The summed E-state index contributed by atoms with van der Waals surface area (Å²) in [5.74, 6) is 0.232. The van der Waals surface area contributed by atoms with Gasteiger partial charge in [0.25, 0.3) is 0 Å². The standard InChI is InChI=1S/C11H18N2O/c1-3-13(2)11(14)5-4-10-6-8-12-9-7-10/h6,8H,3-5,7,9H2,1-2H3. The van der Waals surface area contributed by atoms with Gasteiger partial charge in [0.05, 0.1) is 0 Å². The van der Waals surface area contributed by atoms with Crippen molar-refractivity contribution >= 4 is 12.1 Å². The molecule has 0 aromatic carbocycles. The number of hydrogen-bond donors (Lipinski definition) is 0. The second kappa shape index (κ2) is 5.58. The van der Waals surface area contributed by atoms with Crippen LogP contribution < -0.4 is 0 Å². The SMILES string of the molecule is CCN(C)C(=O)CCC1=CC=NCC1. The molecule has 0 unspecified atom stereocenters. The van der Waals surface area contributed by atoms with E-state index < -0.39 is 0 Å². The number of nitrogens with zero attached hydrogens (tertiary/aromatic N) is 2. The average molecular weight is 194 g/mol. The van der Waals surface area contributed by atoms with Crippen molar-refractivity contribution in [3.63, 3.8) is 0 Å². The molecule has 1 amide bonds. The molecule has 3 nitrogen and oxygen atoms in total. The fourth-order valence-corrected chi connectivity index (χ4v) is 1.37. The molecule has 1 rings (SSSR count). The lowest BCUT2D eigenvalue weighted by Gasteiger charge is -2.15. The molecule has 0 atom stereocenters. The van der Waals surface area contributed by atoms with Crippen LogP contribution in [-0.4, -0.2) is 37.2 Å². The van der Waals surface area contributed by atoms with Crippen molar-refractivity contribution in [1.82, 2.24) is 4.90 Å². The molecule has 0 aliphatic carbocycles. The van der Waals surface area contributed by atoms with Gasteiger partial charge in [0.1, 0.15) is 0 Å². The zero-order valence-electron chi connectivity index (χ0n) is 8.99. The first kappa shape index (κ1) is 11.0. The molecule has 1 aliphatic heterocycles. The highest BCUT2D eigenvalue weighted by Gasteiger charge is 2.08. The fraction of sp³-hybridized carbons (Fsp3) is 0.636. The molecular formula is C11H18N2O. The number of aliphatic imine (C=N–C) groups is 1. The molecule has 3 heteroatoms. The Bertz CT molecular complexity index is 256. The van der Waals surface area contributed by atoms with Crippen LogP contribution in [0.2, 0.25) is 0 Å². The van der Waals surface area contributed by atoms with Gasteiger partial charge in [-0.05, 0) is 25.8 Å². The first-order valence-electron chi connectivity index (χ1n) is 5.16. The van der Waals surface area contributed by atoms with Gasteiger partial charge in [-0.1, -0.05) is 5.57 Å². The first-order chi connectivity index (χ1) is 6.74. The van der Waals surface area contributed by atoms with E-state index in [-0.39, 0.29) is 5.91 Å². The predicted octanol–water partition coefficient (Wildman–Crippen LogP) is 1.65. The quantitative estimate of drug-likeness (QED) is 0.669. The monoisotopic (exact) mass is 194 g/mol. The maximum Gasteiger partial charge on any atom is 0.222 e. The summed E-state index contributed by atoms with van der Waals surface area (Å²) >= 11 is 0. The molecule has 0 aromatic rings. The van der Waals surface area contributed by atoms with Gasteiger partial charge in [0, 0.05) is 32.8 Å². The summed E-state index contributed by atoms with van der Waals surface area (Å²) in [5.41, 5.74) is 1.35. The Labute approximate surface area is 85.5 Å². The van der Waals surface area contributed by atoms with Crippen LogP contribution in [0.3, 0.4) is 0 Å². The first-order valence-corrected chi connectivity index (χ1v) is 5.16. The fourth-order valence-electron chi connectivity index (χ4n) is 1.37. The zero-order valence-corrected chi connectivity index (χ0v) is 8.99. The minimum absolute atomic E-state index is 0.232. The van der Waals surface area contributed by atoms with Crippen LogP contribution in [0, 0.1) is 0 Å². The summed E-state index contributed by atoms with van der Waals surface area (Å²) in [6.45, 7) is 3.66. The van der Waals surface area contributed by atoms with Gasteiger partial charge in [0.2, 0.25) is 5.91 Å². The molecule has 1 aliphatic rings. The van der Waals surface area contributed by atoms with Gasteiger partial charge in [-0.15, -0.1) is 0 Å². The minimum atomic E-state index is 0.232. The van der Waals surface area contributed by atoms with Crippen molar-refractivity contribution in [2.45, 2.75) is 26.2 Å². The maximum atomic E-state index is 11.5. The van der Waals surface area contributed by atoms with Crippen molar-refractivity contribution in [1.29, 1.82) is 0 Å². The zero-order chi connectivity index (χ0) is 10.4. The number of dihydropyridines is 1. The Morgan fingerprint density at radius 3 is 3.00 bits per heavy atom. The van der Waals surface area contributed by atoms with E-state index in [1.54, 1.807) is 4.90 Å². The van der Waals surface area contributed by atoms with Gasteiger partial charge in [0.15, 0.2) is 0 Å². The molecule has 0 radical (unpaired) electrons. The highest BCUT2D eigenvalue weighted by molar-refractivity contribution is 5.77. The molecule has 14 heavy (non-hydrogen) atoms. The summed E-state index contributed by atoms with van der Waals surface area (Å²) in [6.07, 6.45) is 6.40. The van der Waals surface area contributed by atoms with Crippen molar-refractivity contribution in [2.75, 3.05) is 20.1 Å². The van der Waals surface area contributed by atoms with Crippen LogP contribution in [0.15, 0.2) is 16.6 Å². The van der Waals surface area contributed by atoms with Crippen LogP contribution >= 0.6 is 0 Å². The Hall–Kier alpha value is -1.12. The molecule has 0 aromatic heterocycles. The molecule has 0 saturated carbocycles. The highest BCUT2D eigenvalue weighted by atomic mass is 16.2. The Kier molecular flexibility index (Phi) is 4.36. The number of hydrogen-bond acceptors (Lipinski definition) is 2. The van der Waals surface area contributed by atoms with Crippen LogP contribution in [0.25, 0.3) is 0 Å². The second-order valence-electron chi connectivity index (χ2n) is 3.54. The molecule has 1 heterocycles. The molecule has 78 valence electrons. The lowest BCUT2D eigenvalue weighted by molar-refractivity contribution is -0.129. The smallest absolute Gasteiger partial charge is 0.222 e. The molecule has 0 fully saturated rings. The van der Waals surface area contributed by atoms with Gasteiger partial charge in [-0.3, -0.25) is 9.79 Å². The molecule has 0 spiro atoms. The number of carbonyl (C=O) groups is 1. The largest absolute Gasteiger partial charge is 0.346 e. The minimum Gasteiger partial charge on any atom is -0.346 e. The maximum absolute atomic E-state index is 11.5. The van der Waals surface area contributed by atoms with E-state index >= 15 is 0 Å². The Balaban J connectivity index is 2.29. The van der Waals surface area contributed by atoms with E-state index in [1.807, 2.05) is 26.3 Å². The van der Waals surface area contributed by atoms with Gasteiger partial charge in [-0.2, -0.15) is 0 Å². The molecule has 0 N–H and O–H groups in total. The molecule has 0 saturated heterocycles. The van der Waals surface area contributed by atoms with E-state index in [0.717, 1.165) is 25.9 Å². The van der Waals surface area contributed by atoms with E-state index in [9.17, 15) is 4.79 Å². The second-order valence-corrected chi connectivity index (χ2v) is 3.54. The van der Waals surface area contributed by atoms with Gasteiger partial charge < -0.3 is 4.90 Å². The average Bonchev–Trinajstić information content (AvgIpc) is 2.26. The van der Waals surface area contributed by atoms with Crippen LogP contribution in [0.1, 0.15) is 26.2 Å². The summed E-state index contributed by atoms with van der Waals surface area (Å²) < 4.78 is 0. The normalized spacial score (nSPS) is 15.1.